The first-order valence-corrected chi connectivity index (χ1v) is 7.30. The molecule has 0 fully saturated rings. The third kappa shape index (κ3) is 5.21. The van der Waals surface area contributed by atoms with Crippen molar-refractivity contribution < 1.29 is 4.79 Å². The largest absolute Gasteiger partial charge is 0.399 e. The summed E-state index contributed by atoms with van der Waals surface area (Å²) in [5, 5.41) is 2.94. The van der Waals surface area contributed by atoms with Gasteiger partial charge >= 0.3 is 0 Å². The van der Waals surface area contributed by atoms with Crippen LogP contribution in [0.4, 0.5) is 11.4 Å². The first-order valence-electron chi connectivity index (χ1n) is 7.30. The van der Waals surface area contributed by atoms with E-state index in [-0.39, 0.29) is 5.91 Å². The average molecular weight is 277 g/mol. The Labute approximate surface area is 122 Å². The van der Waals surface area contributed by atoms with Crippen LogP contribution in [0.2, 0.25) is 0 Å². The van der Waals surface area contributed by atoms with E-state index in [0.29, 0.717) is 18.2 Å². The SMILES string of the molecule is CCCC(C)N(C)CCC(=O)Nc1ccc(N)cc1C. The molecule has 1 aromatic rings. The van der Waals surface area contributed by atoms with Crippen LogP contribution in [0.3, 0.4) is 0 Å². The van der Waals surface area contributed by atoms with Crippen molar-refractivity contribution >= 4 is 17.3 Å². The highest BCUT2D eigenvalue weighted by Gasteiger charge is 2.11. The van der Waals surface area contributed by atoms with E-state index in [1.807, 2.05) is 19.1 Å². The molecule has 0 spiro atoms. The smallest absolute Gasteiger partial charge is 0.225 e. The number of nitrogens with two attached hydrogens (primary N) is 1. The lowest BCUT2D eigenvalue weighted by atomic mass is 10.1. The number of hydrogen-bond acceptors (Lipinski definition) is 3. The molecule has 0 aliphatic heterocycles. The Bertz CT molecular complexity index is 445. The second kappa shape index (κ2) is 7.90. The summed E-state index contributed by atoms with van der Waals surface area (Å²) in [6.07, 6.45) is 2.84. The molecule has 4 heteroatoms. The van der Waals surface area contributed by atoms with Gasteiger partial charge in [0, 0.05) is 30.4 Å². The molecule has 0 saturated carbocycles. The molecule has 20 heavy (non-hydrogen) atoms. The molecule has 0 aliphatic rings. The van der Waals surface area contributed by atoms with E-state index in [1.54, 1.807) is 6.07 Å². The van der Waals surface area contributed by atoms with E-state index in [2.05, 4.69) is 31.1 Å². The molecule has 112 valence electrons. The summed E-state index contributed by atoms with van der Waals surface area (Å²) in [4.78, 5) is 14.2. The van der Waals surface area contributed by atoms with Gasteiger partial charge in [-0.2, -0.15) is 0 Å². The zero-order valence-electron chi connectivity index (χ0n) is 13.1. The monoisotopic (exact) mass is 277 g/mol. The zero-order valence-corrected chi connectivity index (χ0v) is 13.1. The summed E-state index contributed by atoms with van der Waals surface area (Å²) in [5.74, 6) is 0.0495. The van der Waals surface area contributed by atoms with Crippen molar-refractivity contribution in [2.75, 3.05) is 24.6 Å². The Kier molecular flexibility index (Phi) is 6.52. The molecule has 1 amide bonds. The highest BCUT2D eigenvalue weighted by molar-refractivity contribution is 5.91. The molecule has 1 aromatic carbocycles. The van der Waals surface area contributed by atoms with Crippen LogP contribution in [0.15, 0.2) is 18.2 Å². The molecule has 1 atom stereocenters. The molecule has 3 N–H and O–H groups in total. The summed E-state index contributed by atoms with van der Waals surface area (Å²) >= 11 is 0. The predicted octanol–water partition coefficient (Wildman–Crippen LogP) is 3.03. The van der Waals surface area contributed by atoms with E-state index >= 15 is 0 Å². The van der Waals surface area contributed by atoms with Crippen LogP contribution >= 0.6 is 0 Å². The molecular formula is C16H27N3O. The van der Waals surface area contributed by atoms with Gasteiger partial charge in [-0.1, -0.05) is 13.3 Å². The van der Waals surface area contributed by atoms with Gasteiger partial charge in [0.1, 0.15) is 0 Å². The minimum atomic E-state index is 0.0495. The maximum atomic E-state index is 12.0. The van der Waals surface area contributed by atoms with Crippen LogP contribution in [-0.4, -0.2) is 30.4 Å². The Morgan fingerprint density at radius 3 is 2.75 bits per heavy atom. The third-order valence-corrected chi connectivity index (χ3v) is 3.68. The second-order valence-corrected chi connectivity index (χ2v) is 5.49. The predicted molar refractivity (Wildman–Crippen MR) is 85.8 cm³/mol. The number of rotatable bonds is 7. The van der Waals surface area contributed by atoms with Crippen LogP contribution in [0.1, 0.15) is 38.7 Å². The van der Waals surface area contributed by atoms with Crippen LogP contribution in [-0.2, 0) is 4.79 Å². The number of anilines is 2. The fraction of sp³-hybridized carbons (Fsp3) is 0.562. The quantitative estimate of drug-likeness (QED) is 0.753. The number of nitrogen functional groups attached to an aromatic ring is 1. The lowest BCUT2D eigenvalue weighted by Crippen LogP contribution is -2.32. The normalized spacial score (nSPS) is 12.4. The highest BCUT2D eigenvalue weighted by Crippen LogP contribution is 2.17. The van der Waals surface area contributed by atoms with E-state index < -0.39 is 0 Å². The lowest BCUT2D eigenvalue weighted by molar-refractivity contribution is -0.116. The fourth-order valence-electron chi connectivity index (χ4n) is 2.18. The van der Waals surface area contributed by atoms with Crippen molar-refractivity contribution in [2.45, 2.75) is 46.1 Å². The lowest BCUT2D eigenvalue weighted by Gasteiger charge is -2.24. The number of nitrogens with zero attached hydrogens (tertiary/aromatic N) is 1. The van der Waals surface area contributed by atoms with Gasteiger partial charge in [0.05, 0.1) is 0 Å². The van der Waals surface area contributed by atoms with Crippen molar-refractivity contribution in [2.24, 2.45) is 0 Å². The summed E-state index contributed by atoms with van der Waals surface area (Å²) in [7, 11) is 2.07. The third-order valence-electron chi connectivity index (χ3n) is 3.68. The van der Waals surface area contributed by atoms with Crippen LogP contribution in [0.5, 0.6) is 0 Å². The van der Waals surface area contributed by atoms with Crippen molar-refractivity contribution in [3.63, 3.8) is 0 Å². The molecule has 1 rings (SSSR count). The van der Waals surface area contributed by atoms with Crippen molar-refractivity contribution in [1.82, 2.24) is 4.90 Å². The summed E-state index contributed by atoms with van der Waals surface area (Å²) < 4.78 is 0. The number of aryl methyl sites for hydroxylation is 1. The minimum absolute atomic E-state index is 0.0495. The van der Waals surface area contributed by atoms with E-state index in [9.17, 15) is 4.79 Å². The average Bonchev–Trinajstić information content (AvgIpc) is 2.39. The maximum Gasteiger partial charge on any atom is 0.225 e. The molecule has 0 aliphatic carbocycles. The van der Waals surface area contributed by atoms with Gasteiger partial charge in [0.15, 0.2) is 0 Å². The number of hydrogen-bond donors (Lipinski definition) is 2. The van der Waals surface area contributed by atoms with Crippen molar-refractivity contribution in [3.8, 4) is 0 Å². The molecule has 1 unspecified atom stereocenters. The number of nitrogens with one attached hydrogen (secondary N) is 1. The Balaban J connectivity index is 2.44. The molecule has 0 bridgehead atoms. The van der Waals surface area contributed by atoms with Gasteiger partial charge in [0.2, 0.25) is 5.91 Å². The number of carbonyl (C=O) groups excluding carboxylic acids is 1. The van der Waals surface area contributed by atoms with Gasteiger partial charge in [-0.25, -0.2) is 0 Å². The first kappa shape index (κ1) is 16.5. The molecule has 0 saturated heterocycles. The van der Waals surface area contributed by atoms with Crippen molar-refractivity contribution in [3.05, 3.63) is 23.8 Å². The van der Waals surface area contributed by atoms with E-state index in [4.69, 9.17) is 5.73 Å². The number of benzene rings is 1. The van der Waals surface area contributed by atoms with Gasteiger partial charge in [-0.15, -0.1) is 0 Å². The van der Waals surface area contributed by atoms with Crippen LogP contribution in [0.25, 0.3) is 0 Å². The topological polar surface area (TPSA) is 58.4 Å². The maximum absolute atomic E-state index is 12.0. The Hall–Kier alpha value is -1.55. The fourth-order valence-corrected chi connectivity index (χ4v) is 2.18. The van der Waals surface area contributed by atoms with E-state index in [0.717, 1.165) is 24.2 Å². The number of amides is 1. The standard InChI is InChI=1S/C16H27N3O/c1-5-6-13(3)19(4)10-9-16(20)18-15-8-7-14(17)11-12(15)2/h7-8,11,13H,5-6,9-10,17H2,1-4H3,(H,18,20). The van der Waals surface area contributed by atoms with Gasteiger partial charge in [-0.05, 0) is 51.1 Å². The van der Waals surface area contributed by atoms with Gasteiger partial charge in [0.25, 0.3) is 0 Å². The second-order valence-electron chi connectivity index (χ2n) is 5.49. The molecule has 4 nitrogen and oxygen atoms in total. The summed E-state index contributed by atoms with van der Waals surface area (Å²) in [5.41, 5.74) is 8.25. The number of carbonyl (C=O) groups is 1. The van der Waals surface area contributed by atoms with Crippen LogP contribution in [0, 0.1) is 6.92 Å². The molecular weight excluding hydrogens is 250 g/mol. The summed E-state index contributed by atoms with van der Waals surface area (Å²) in [6.45, 7) is 7.11. The summed E-state index contributed by atoms with van der Waals surface area (Å²) in [6, 6.07) is 6.04. The minimum Gasteiger partial charge on any atom is -0.399 e. The van der Waals surface area contributed by atoms with Crippen LogP contribution < -0.4 is 11.1 Å². The molecule has 0 heterocycles. The van der Waals surface area contributed by atoms with Crippen molar-refractivity contribution in [1.29, 1.82) is 0 Å². The van der Waals surface area contributed by atoms with E-state index in [1.165, 1.54) is 6.42 Å². The Morgan fingerprint density at radius 2 is 2.15 bits per heavy atom. The van der Waals surface area contributed by atoms with Gasteiger partial charge in [-0.3, -0.25) is 4.79 Å². The zero-order chi connectivity index (χ0) is 15.1. The first-order chi connectivity index (χ1) is 9.43. The molecule has 0 radical (unpaired) electrons. The Morgan fingerprint density at radius 1 is 1.45 bits per heavy atom. The van der Waals surface area contributed by atoms with Gasteiger partial charge < -0.3 is 16.0 Å². The highest BCUT2D eigenvalue weighted by atomic mass is 16.1. The molecule has 0 aromatic heterocycles.